The van der Waals surface area contributed by atoms with Gasteiger partial charge >= 0.3 is 0 Å². The summed E-state index contributed by atoms with van der Waals surface area (Å²) < 4.78 is 5.79. The first-order valence-electron chi connectivity index (χ1n) is 15.6. The molecule has 0 unspecified atom stereocenters. The van der Waals surface area contributed by atoms with Crippen molar-refractivity contribution in [2.45, 2.75) is 77.7 Å². The molecule has 5 N–H and O–H groups in total. The van der Waals surface area contributed by atoms with Crippen LogP contribution in [0, 0.1) is 11.3 Å². The Bertz CT molecular complexity index is 1320. The predicted octanol–water partition coefficient (Wildman–Crippen LogP) is 0.597. The molecular weight excluding hydrogens is 578 g/mol. The van der Waals surface area contributed by atoms with Crippen molar-refractivity contribution in [2.75, 3.05) is 33.3 Å². The zero-order valence-electron chi connectivity index (χ0n) is 26.8. The number of likely N-dealkylation sites (N-methyl/N-ethyl adjacent to an activating group) is 1. The molecule has 3 heterocycles. The van der Waals surface area contributed by atoms with E-state index in [2.05, 4.69) is 30.8 Å². The molecule has 0 saturated carbocycles. The summed E-state index contributed by atoms with van der Waals surface area (Å²) in [6.45, 7) is 9.03. The third-order valence-corrected chi connectivity index (χ3v) is 8.95. The van der Waals surface area contributed by atoms with Crippen LogP contribution in [0.15, 0.2) is 36.7 Å². The number of carbonyl (C=O) groups is 4. The lowest BCUT2D eigenvalue weighted by atomic mass is 9.73. The summed E-state index contributed by atoms with van der Waals surface area (Å²) in [6.07, 6.45) is 4.65. The third kappa shape index (κ3) is 8.82. The number of ether oxygens (including phenoxy) is 1. The number of piperidine rings is 1. The average Bonchev–Trinajstić information content (AvgIpc) is 3.53. The van der Waals surface area contributed by atoms with E-state index in [0.717, 1.165) is 42.2 Å². The van der Waals surface area contributed by atoms with Crippen molar-refractivity contribution >= 4 is 23.6 Å². The lowest BCUT2D eigenvalue weighted by Crippen LogP contribution is -2.59. The van der Waals surface area contributed by atoms with Crippen LogP contribution in [0.4, 0.5) is 0 Å². The van der Waals surface area contributed by atoms with E-state index in [9.17, 15) is 24.3 Å². The molecule has 1 spiro atoms. The van der Waals surface area contributed by atoms with Crippen LogP contribution in [0.3, 0.4) is 0 Å². The van der Waals surface area contributed by atoms with Crippen LogP contribution in [-0.2, 0) is 32.1 Å². The molecule has 4 atom stereocenters. The molecule has 4 amide bonds. The van der Waals surface area contributed by atoms with Crippen molar-refractivity contribution in [1.29, 1.82) is 0 Å². The highest BCUT2D eigenvalue weighted by Crippen LogP contribution is 2.36. The first kappa shape index (κ1) is 33.9. The third-order valence-electron chi connectivity index (χ3n) is 8.95. The highest BCUT2D eigenvalue weighted by molar-refractivity contribution is 5.94. The fraction of sp³-hybridized carbons (Fsp3) is 0.594. The minimum Gasteiger partial charge on any atom is -0.484 e. The van der Waals surface area contributed by atoms with Crippen LogP contribution in [0.2, 0.25) is 0 Å². The monoisotopic (exact) mass is 625 g/mol. The predicted molar refractivity (Wildman–Crippen MR) is 167 cm³/mol. The molecule has 1 saturated heterocycles. The van der Waals surface area contributed by atoms with Gasteiger partial charge in [-0.1, -0.05) is 26.0 Å². The Morgan fingerprint density at radius 2 is 1.80 bits per heavy atom. The van der Waals surface area contributed by atoms with E-state index >= 15 is 0 Å². The lowest BCUT2D eigenvalue weighted by Gasteiger charge is -2.42. The van der Waals surface area contributed by atoms with E-state index in [1.165, 1.54) is 20.9 Å². The van der Waals surface area contributed by atoms with Gasteiger partial charge in [-0.15, -0.1) is 0 Å². The number of rotatable bonds is 4. The number of benzene rings is 1. The fourth-order valence-electron chi connectivity index (χ4n) is 5.91. The SMILES string of the molecule is CC(C)[C@H]1NC(=O)[C@H](C)N(C)C(=O)[C@H]([C@@H](C)O)NC(=O)COc2cccc(c2)CC2(CCN(Cc3ncc[nH]3)CC2)CNC1=O. The number of aliphatic hydroxyl groups is 1. The van der Waals surface area contributed by atoms with Crippen LogP contribution >= 0.6 is 0 Å². The Balaban J connectivity index is 1.61. The maximum absolute atomic E-state index is 13.6. The van der Waals surface area contributed by atoms with Gasteiger partial charge < -0.3 is 35.7 Å². The fourth-order valence-corrected chi connectivity index (χ4v) is 5.91. The first-order valence-corrected chi connectivity index (χ1v) is 15.6. The Morgan fingerprint density at radius 3 is 2.44 bits per heavy atom. The van der Waals surface area contributed by atoms with Crippen LogP contribution < -0.4 is 20.7 Å². The number of H-pyrrole nitrogens is 1. The molecule has 1 fully saturated rings. The maximum atomic E-state index is 13.6. The van der Waals surface area contributed by atoms with E-state index in [4.69, 9.17) is 4.74 Å². The van der Waals surface area contributed by atoms with Crippen molar-refractivity contribution in [2.24, 2.45) is 11.3 Å². The molecule has 45 heavy (non-hydrogen) atoms. The minimum absolute atomic E-state index is 0.222. The average molecular weight is 626 g/mol. The van der Waals surface area contributed by atoms with Gasteiger partial charge in [0.1, 0.15) is 29.7 Å². The quantitative estimate of drug-likeness (QED) is 0.329. The Kier molecular flexibility index (Phi) is 11.2. The molecular formula is C32H47N7O6. The number of aromatic nitrogens is 2. The second-order valence-corrected chi connectivity index (χ2v) is 12.8. The molecule has 13 nitrogen and oxygen atoms in total. The zero-order chi connectivity index (χ0) is 32.7. The number of carbonyl (C=O) groups excluding carboxylic acids is 4. The molecule has 1 aromatic carbocycles. The summed E-state index contributed by atoms with van der Waals surface area (Å²) >= 11 is 0. The topological polar surface area (TPSA) is 169 Å². The van der Waals surface area contributed by atoms with Gasteiger partial charge in [-0.3, -0.25) is 24.1 Å². The summed E-state index contributed by atoms with van der Waals surface area (Å²) in [5.74, 6) is -0.860. The summed E-state index contributed by atoms with van der Waals surface area (Å²) in [7, 11) is 1.42. The first-order chi connectivity index (χ1) is 21.4. The van der Waals surface area contributed by atoms with Crippen molar-refractivity contribution in [3.63, 3.8) is 0 Å². The van der Waals surface area contributed by atoms with Gasteiger partial charge in [0, 0.05) is 26.0 Å². The standard InChI is InChI=1S/C32H47N7O6/c1-20(2)27-30(43)35-19-32(9-13-39(14-10-32)17-25-33-11-12-34-25)16-23-7-6-8-24(15-23)45-18-26(41)36-28(22(4)40)31(44)38(5)21(3)29(42)37-27/h6-8,11-12,15,20-22,27-28,40H,9-10,13-14,16-19H2,1-5H3,(H,33,34)(H,35,43)(H,36,41)(H,37,42)/t21-,22+,27+,28-/m0/s1. The molecule has 0 radical (unpaired) electrons. The van der Waals surface area contributed by atoms with Gasteiger partial charge in [0.05, 0.1) is 12.6 Å². The summed E-state index contributed by atoms with van der Waals surface area (Å²) in [6, 6.07) is 4.43. The van der Waals surface area contributed by atoms with Crippen LogP contribution in [0.25, 0.3) is 0 Å². The van der Waals surface area contributed by atoms with E-state index in [1.54, 1.807) is 12.3 Å². The van der Waals surface area contributed by atoms with Gasteiger partial charge in [-0.05, 0) is 75.2 Å². The number of hydrogen-bond acceptors (Lipinski definition) is 8. The largest absolute Gasteiger partial charge is 0.484 e. The van der Waals surface area contributed by atoms with Crippen molar-refractivity contribution < 1.29 is 29.0 Å². The molecule has 2 bridgehead atoms. The van der Waals surface area contributed by atoms with Gasteiger partial charge in [-0.25, -0.2) is 4.98 Å². The molecule has 1 aromatic heterocycles. The van der Waals surface area contributed by atoms with Crippen LogP contribution in [-0.4, -0.2) is 106 Å². The van der Waals surface area contributed by atoms with Crippen molar-refractivity contribution in [1.82, 2.24) is 35.7 Å². The number of amides is 4. The Hall–Kier alpha value is -3.97. The van der Waals surface area contributed by atoms with Crippen LogP contribution in [0.5, 0.6) is 5.75 Å². The molecule has 2 aliphatic rings. The van der Waals surface area contributed by atoms with E-state index in [0.29, 0.717) is 25.3 Å². The molecule has 2 aliphatic heterocycles. The second-order valence-electron chi connectivity index (χ2n) is 12.8. The number of imidazole rings is 1. The number of aliphatic hydroxyl groups excluding tert-OH is 1. The van der Waals surface area contributed by atoms with Crippen molar-refractivity contribution in [3.05, 3.63) is 48.0 Å². The van der Waals surface area contributed by atoms with Crippen molar-refractivity contribution in [3.8, 4) is 5.75 Å². The Labute approximate surface area is 264 Å². The molecule has 4 rings (SSSR count). The van der Waals surface area contributed by atoms with E-state index in [1.807, 2.05) is 38.2 Å². The maximum Gasteiger partial charge on any atom is 0.258 e. The van der Waals surface area contributed by atoms with E-state index in [-0.39, 0.29) is 23.8 Å². The lowest BCUT2D eigenvalue weighted by molar-refractivity contribution is -0.144. The second kappa shape index (κ2) is 14.9. The van der Waals surface area contributed by atoms with Gasteiger partial charge in [-0.2, -0.15) is 0 Å². The highest BCUT2D eigenvalue weighted by Gasteiger charge is 2.38. The summed E-state index contributed by atoms with van der Waals surface area (Å²) in [5, 5.41) is 18.8. The number of hydrogen-bond donors (Lipinski definition) is 5. The van der Waals surface area contributed by atoms with Gasteiger partial charge in [0.25, 0.3) is 5.91 Å². The number of nitrogens with one attached hydrogen (secondary N) is 4. The Morgan fingerprint density at radius 1 is 1.07 bits per heavy atom. The number of fused-ring (bicyclic) bond motifs is 2. The van der Waals surface area contributed by atoms with Gasteiger partial charge in [0.2, 0.25) is 17.7 Å². The number of aromatic amines is 1. The van der Waals surface area contributed by atoms with Gasteiger partial charge in [0.15, 0.2) is 6.61 Å². The minimum atomic E-state index is -1.29. The smallest absolute Gasteiger partial charge is 0.258 e. The summed E-state index contributed by atoms with van der Waals surface area (Å²) in [4.78, 5) is 64.0. The molecule has 13 heteroatoms. The molecule has 2 aromatic rings. The zero-order valence-corrected chi connectivity index (χ0v) is 26.8. The summed E-state index contributed by atoms with van der Waals surface area (Å²) in [5.41, 5.74) is 0.741. The number of nitrogens with zero attached hydrogens (tertiary/aromatic N) is 3. The van der Waals surface area contributed by atoms with E-state index < -0.39 is 42.0 Å². The normalized spacial score (nSPS) is 25.0. The van der Waals surface area contributed by atoms with Crippen LogP contribution in [0.1, 0.15) is 51.9 Å². The molecule has 0 aliphatic carbocycles. The highest BCUT2D eigenvalue weighted by atomic mass is 16.5. The number of likely N-dealkylation sites (tertiary alicyclic amines) is 1. The molecule has 246 valence electrons.